The number of carbonyl (C=O) groups is 1. The molecule has 0 N–H and O–H groups in total. The molecule has 2 saturated heterocycles. The molecule has 31 heavy (non-hydrogen) atoms. The molecule has 0 radical (unpaired) electrons. The number of piperazine rings is 1. The van der Waals surface area contributed by atoms with Crippen LogP contribution in [0, 0.1) is 5.82 Å². The highest BCUT2D eigenvalue weighted by molar-refractivity contribution is 5.94. The topological polar surface area (TPSA) is 26.8 Å². The zero-order valence-corrected chi connectivity index (χ0v) is 17.1. The Morgan fingerprint density at radius 1 is 0.935 bits per heavy atom. The highest BCUT2D eigenvalue weighted by atomic mass is 19.4. The minimum Gasteiger partial charge on any atom is -0.369 e. The van der Waals surface area contributed by atoms with Crippen molar-refractivity contribution in [3.8, 4) is 0 Å². The van der Waals surface area contributed by atoms with Crippen molar-refractivity contribution < 1.29 is 22.4 Å². The monoisotopic (exact) mass is 435 g/mol. The van der Waals surface area contributed by atoms with Crippen molar-refractivity contribution in [2.75, 3.05) is 44.2 Å². The van der Waals surface area contributed by atoms with Gasteiger partial charge in [0.2, 0.25) is 0 Å². The first-order valence-corrected chi connectivity index (χ1v) is 10.5. The molecule has 2 heterocycles. The number of carbonyl (C=O) groups excluding carboxylic acids is 1. The van der Waals surface area contributed by atoms with Crippen molar-refractivity contribution >= 4 is 11.6 Å². The van der Waals surface area contributed by atoms with Crippen LogP contribution in [0.3, 0.4) is 0 Å². The number of hydrogen-bond acceptors (Lipinski definition) is 3. The molecule has 166 valence electrons. The SMILES string of the molecule is O=C(c1cccc(F)c1)N1CCC[C@@H](N2CCN(c3cccc(C(F)(F)F)c3)CC2)C1. The van der Waals surface area contributed by atoms with Crippen molar-refractivity contribution in [2.24, 2.45) is 0 Å². The Bertz CT molecular complexity index is 925. The van der Waals surface area contributed by atoms with Gasteiger partial charge in [0.25, 0.3) is 5.91 Å². The average molecular weight is 435 g/mol. The summed E-state index contributed by atoms with van der Waals surface area (Å²) in [5.74, 6) is -0.586. The molecule has 2 aliphatic heterocycles. The summed E-state index contributed by atoms with van der Waals surface area (Å²) in [5.41, 5.74) is 0.308. The van der Waals surface area contributed by atoms with Gasteiger partial charge in [-0.25, -0.2) is 4.39 Å². The van der Waals surface area contributed by atoms with Gasteiger partial charge in [-0.15, -0.1) is 0 Å². The summed E-state index contributed by atoms with van der Waals surface area (Å²) >= 11 is 0. The molecule has 4 nitrogen and oxygen atoms in total. The van der Waals surface area contributed by atoms with Crippen LogP contribution in [0.15, 0.2) is 48.5 Å². The largest absolute Gasteiger partial charge is 0.416 e. The number of alkyl halides is 3. The number of likely N-dealkylation sites (tertiary alicyclic amines) is 1. The fourth-order valence-electron chi connectivity index (χ4n) is 4.47. The molecule has 2 aliphatic rings. The lowest BCUT2D eigenvalue weighted by molar-refractivity contribution is -0.137. The molecule has 0 aromatic heterocycles. The van der Waals surface area contributed by atoms with E-state index in [9.17, 15) is 22.4 Å². The van der Waals surface area contributed by atoms with E-state index < -0.39 is 17.6 Å². The highest BCUT2D eigenvalue weighted by Gasteiger charge is 2.33. The molecule has 0 aliphatic carbocycles. The van der Waals surface area contributed by atoms with Crippen LogP contribution in [0.1, 0.15) is 28.8 Å². The van der Waals surface area contributed by atoms with E-state index in [-0.39, 0.29) is 11.9 Å². The van der Waals surface area contributed by atoms with Gasteiger partial charge in [-0.2, -0.15) is 13.2 Å². The Hall–Kier alpha value is -2.61. The van der Waals surface area contributed by atoms with Crippen LogP contribution in [-0.4, -0.2) is 61.0 Å². The van der Waals surface area contributed by atoms with Crippen LogP contribution in [0.25, 0.3) is 0 Å². The number of rotatable bonds is 3. The maximum Gasteiger partial charge on any atom is 0.416 e. The molecule has 8 heteroatoms. The number of nitrogens with zero attached hydrogens (tertiary/aromatic N) is 3. The van der Waals surface area contributed by atoms with Gasteiger partial charge in [-0.05, 0) is 49.2 Å². The van der Waals surface area contributed by atoms with Crippen molar-refractivity contribution in [2.45, 2.75) is 25.1 Å². The fourth-order valence-corrected chi connectivity index (χ4v) is 4.47. The van der Waals surface area contributed by atoms with Crippen LogP contribution in [0.5, 0.6) is 0 Å². The Balaban J connectivity index is 1.36. The quantitative estimate of drug-likeness (QED) is 0.674. The third-order valence-electron chi connectivity index (χ3n) is 6.12. The van der Waals surface area contributed by atoms with Gasteiger partial charge in [0.1, 0.15) is 5.82 Å². The summed E-state index contributed by atoms with van der Waals surface area (Å²) in [4.78, 5) is 18.8. The smallest absolute Gasteiger partial charge is 0.369 e. The average Bonchev–Trinajstić information content (AvgIpc) is 2.78. The second kappa shape index (κ2) is 8.86. The molecule has 4 rings (SSSR count). The molecule has 1 atom stereocenters. The molecular formula is C23H25F4N3O. The van der Waals surface area contributed by atoms with Gasteiger partial charge in [0.05, 0.1) is 5.56 Å². The maximum atomic E-state index is 13.5. The van der Waals surface area contributed by atoms with Gasteiger partial charge < -0.3 is 9.80 Å². The number of anilines is 1. The predicted molar refractivity (Wildman–Crippen MR) is 111 cm³/mol. The third kappa shape index (κ3) is 5.01. The van der Waals surface area contributed by atoms with Crippen molar-refractivity contribution in [3.05, 3.63) is 65.5 Å². The van der Waals surface area contributed by atoms with E-state index in [1.807, 2.05) is 4.90 Å². The van der Waals surface area contributed by atoms with Crippen LogP contribution in [0.2, 0.25) is 0 Å². The normalized spacial score (nSPS) is 20.7. The molecule has 0 unspecified atom stereocenters. The number of hydrogen-bond donors (Lipinski definition) is 0. The summed E-state index contributed by atoms with van der Waals surface area (Å²) in [6.45, 7) is 3.95. The minimum absolute atomic E-state index is 0.160. The molecule has 2 fully saturated rings. The van der Waals surface area contributed by atoms with E-state index in [4.69, 9.17) is 0 Å². The molecule has 1 amide bonds. The van der Waals surface area contributed by atoms with Crippen molar-refractivity contribution in [1.82, 2.24) is 9.80 Å². The second-order valence-corrected chi connectivity index (χ2v) is 8.13. The lowest BCUT2D eigenvalue weighted by atomic mass is 10.0. The first-order chi connectivity index (χ1) is 14.8. The van der Waals surface area contributed by atoms with E-state index in [2.05, 4.69) is 4.90 Å². The Labute approximate surface area is 179 Å². The summed E-state index contributed by atoms with van der Waals surface area (Å²) in [5, 5.41) is 0. The number of amides is 1. The van der Waals surface area contributed by atoms with E-state index >= 15 is 0 Å². The molecular weight excluding hydrogens is 410 g/mol. The molecule has 0 saturated carbocycles. The van der Waals surface area contributed by atoms with Crippen LogP contribution in [0.4, 0.5) is 23.2 Å². The maximum absolute atomic E-state index is 13.5. The van der Waals surface area contributed by atoms with E-state index in [0.29, 0.717) is 37.4 Å². The third-order valence-corrected chi connectivity index (χ3v) is 6.12. The Morgan fingerprint density at radius 3 is 2.39 bits per heavy atom. The van der Waals surface area contributed by atoms with Crippen LogP contribution < -0.4 is 4.90 Å². The minimum atomic E-state index is -4.35. The number of piperidine rings is 1. The number of halogens is 4. The second-order valence-electron chi connectivity index (χ2n) is 8.13. The summed E-state index contributed by atoms with van der Waals surface area (Å²) in [7, 11) is 0. The van der Waals surface area contributed by atoms with Crippen LogP contribution >= 0.6 is 0 Å². The lowest BCUT2D eigenvalue weighted by Gasteiger charge is -2.44. The summed E-state index contributed by atoms with van der Waals surface area (Å²) in [6.07, 6.45) is -2.51. The molecule has 0 spiro atoms. The molecule has 2 aromatic carbocycles. The predicted octanol–water partition coefficient (Wildman–Crippen LogP) is 4.27. The number of benzene rings is 2. The zero-order valence-electron chi connectivity index (χ0n) is 17.1. The van der Waals surface area contributed by atoms with Gasteiger partial charge >= 0.3 is 6.18 Å². The van der Waals surface area contributed by atoms with Gasteiger partial charge in [-0.1, -0.05) is 12.1 Å². The first-order valence-electron chi connectivity index (χ1n) is 10.5. The van der Waals surface area contributed by atoms with E-state index in [1.54, 1.807) is 17.0 Å². The van der Waals surface area contributed by atoms with E-state index in [0.717, 1.165) is 32.0 Å². The zero-order chi connectivity index (χ0) is 22.0. The van der Waals surface area contributed by atoms with Gasteiger partial charge in [0.15, 0.2) is 0 Å². The molecule has 2 aromatic rings. The Kier molecular flexibility index (Phi) is 6.18. The van der Waals surface area contributed by atoms with Gasteiger partial charge in [-0.3, -0.25) is 9.69 Å². The van der Waals surface area contributed by atoms with E-state index in [1.165, 1.54) is 30.3 Å². The summed E-state index contributed by atoms with van der Waals surface area (Å²) < 4.78 is 52.5. The van der Waals surface area contributed by atoms with Gasteiger partial charge in [0, 0.05) is 56.6 Å². The fraction of sp³-hybridized carbons (Fsp3) is 0.435. The first kappa shape index (κ1) is 21.6. The Morgan fingerprint density at radius 2 is 1.68 bits per heavy atom. The molecule has 0 bridgehead atoms. The highest BCUT2D eigenvalue weighted by Crippen LogP contribution is 2.32. The standard InChI is InChI=1S/C23H25F4N3O/c24-19-6-1-4-17(14-19)22(31)30-9-3-8-21(16-30)29-12-10-28(11-13-29)20-7-2-5-18(15-20)23(25,26)27/h1-2,4-7,14-15,21H,3,8-13,16H2/t21-/m1/s1. The summed E-state index contributed by atoms with van der Waals surface area (Å²) in [6, 6.07) is 11.4. The van der Waals surface area contributed by atoms with Crippen LogP contribution in [-0.2, 0) is 6.18 Å². The van der Waals surface area contributed by atoms with Crippen molar-refractivity contribution in [3.63, 3.8) is 0 Å². The lowest BCUT2D eigenvalue weighted by Crippen LogP contribution is -2.55. The van der Waals surface area contributed by atoms with Crippen molar-refractivity contribution in [1.29, 1.82) is 0 Å².